The summed E-state index contributed by atoms with van der Waals surface area (Å²) in [5.74, 6) is 0.753. The van der Waals surface area contributed by atoms with Gasteiger partial charge < -0.3 is 0 Å². The SMILES string of the molecule is C[C](CF)c1ccc(Br)c(Br)c1. The molecule has 0 aromatic heterocycles. The summed E-state index contributed by atoms with van der Waals surface area (Å²) in [6.45, 7) is 1.39. The van der Waals surface area contributed by atoms with Crippen LogP contribution in [0.2, 0.25) is 0 Å². The molecule has 0 aliphatic rings. The lowest BCUT2D eigenvalue weighted by Crippen LogP contribution is -1.95. The number of rotatable bonds is 2. The standard InChI is InChI=1S/C9H8Br2F/c1-6(5-12)7-2-3-8(10)9(11)4-7/h2-4H,5H2,1H3. The van der Waals surface area contributed by atoms with E-state index in [1.807, 2.05) is 18.2 Å². The Balaban J connectivity index is 2.96. The first-order chi connectivity index (χ1) is 5.65. The van der Waals surface area contributed by atoms with Gasteiger partial charge in [0.15, 0.2) is 0 Å². The van der Waals surface area contributed by atoms with Crippen molar-refractivity contribution in [3.63, 3.8) is 0 Å². The number of alkyl halides is 1. The molecule has 12 heavy (non-hydrogen) atoms. The number of halogens is 3. The van der Waals surface area contributed by atoms with E-state index in [0.717, 1.165) is 20.4 Å². The van der Waals surface area contributed by atoms with Gasteiger partial charge in [-0.05, 0) is 49.6 Å². The number of hydrogen-bond acceptors (Lipinski definition) is 0. The predicted octanol–water partition coefficient (Wildman–Crippen LogP) is 4.12. The summed E-state index contributed by atoms with van der Waals surface area (Å²) < 4.78 is 14.2. The van der Waals surface area contributed by atoms with Gasteiger partial charge >= 0.3 is 0 Å². The smallest absolute Gasteiger partial charge is 0.0997 e. The van der Waals surface area contributed by atoms with E-state index >= 15 is 0 Å². The van der Waals surface area contributed by atoms with Crippen molar-refractivity contribution in [2.75, 3.05) is 6.67 Å². The fourth-order valence-electron chi connectivity index (χ4n) is 0.839. The van der Waals surface area contributed by atoms with Crippen molar-refractivity contribution >= 4 is 31.9 Å². The van der Waals surface area contributed by atoms with Crippen LogP contribution in [0, 0.1) is 5.92 Å². The van der Waals surface area contributed by atoms with Crippen molar-refractivity contribution in [1.29, 1.82) is 0 Å². The summed E-state index contributed by atoms with van der Waals surface area (Å²) in [7, 11) is 0. The number of hydrogen-bond donors (Lipinski definition) is 0. The van der Waals surface area contributed by atoms with Gasteiger partial charge in [-0.2, -0.15) is 0 Å². The molecule has 0 aliphatic heterocycles. The lowest BCUT2D eigenvalue weighted by Gasteiger charge is -2.07. The molecule has 0 amide bonds. The Kier molecular flexibility index (Phi) is 3.72. The first kappa shape index (κ1) is 10.2. The third kappa shape index (κ3) is 2.30. The average molecular weight is 295 g/mol. The quantitative estimate of drug-likeness (QED) is 0.769. The molecular formula is C9H8Br2F. The van der Waals surface area contributed by atoms with Crippen LogP contribution >= 0.6 is 31.9 Å². The van der Waals surface area contributed by atoms with Crippen molar-refractivity contribution in [1.82, 2.24) is 0 Å². The maximum Gasteiger partial charge on any atom is 0.0997 e. The molecule has 0 heterocycles. The summed E-state index contributed by atoms with van der Waals surface area (Å²) in [5, 5.41) is 0. The van der Waals surface area contributed by atoms with E-state index < -0.39 is 6.67 Å². The third-order valence-electron chi connectivity index (χ3n) is 1.61. The van der Waals surface area contributed by atoms with E-state index in [1.54, 1.807) is 6.92 Å². The minimum Gasteiger partial charge on any atom is -0.250 e. The average Bonchev–Trinajstić information content (AvgIpc) is 2.08. The van der Waals surface area contributed by atoms with Crippen molar-refractivity contribution < 1.29 is 4.39 Å². The van der Waals surface area contributed by atoms with Gasteiger partial charge in [0.2, 0.25) is 0 Å². The Labute approximate surface area is 88.4 Å². The van der Waals surface area contributed by atoms with Crippen molar-refractivity contribution in [2.24, 2.45) is 0 Å². The van der Waals surface area contributed by atoms with Crippen molar-refractivity contribution in [3.8, 4) is 0 Å². The van der Waals surface area contributed by atoms with E-state index in [2.05, 4.69) is 31.9 Å². The van der Waals surface area contributed by atoms with Gasteiger partial charge in [-0.25, -0.2) is 0 Å². The Morgan fingerprint density at radius 1 is 1.33 bits per heavy atom. The van der Waals surface area contributed by atoms with E-state index in [0.29, 0.717) is 0 Å². The summed E-state index contributed by atoms with van der Waals surface area (Å²) >= 11 is 6.71. The van der Waals surface area contributed by atoms with Crippen LogP contribution in [-0.4, -0.2) is 6.67 Å². The van der Waals surface area contributed by atoms with Gasteiger partial charge in [-0.1, -0.05) is 13.0 Å². The Bertz CT molecular complexity index is 273. The van der Waals surface area contributed by atoms with Crippen LogP contribution in [0.1, 0.15) is 12.5 Å². The molecular weight excluding hydrogens is 287 g/mol. The second-order valence-electron chi connectivity index (χ2n) is 2.54. The highest BCUT2D eigenvalue weighted by atomic mass is 79.9. The second-order valence-corrected chi connectivity index (χ2v) is 4.25. The molecule has 0 saturated heterocycles. The fourth-order valence-corrected chi connectivity index (χ4v) is 1.46. The van der Waals surface area contributed by atoms with E-state index in [9.17, 15) is 4.39 Å². The number of benzene rings is 1. The molecule has 1 radical (unpaired) electrons. The van der Waals surface area contributed by atoms with Crippen molar-refractivity contribution in [3.05, 3.63) is 38.6 Å². The van der Waals surface area contributed by atoms with Gasteiger partial charge in [0.25, 0.3) is 0 Å². The zero-order chi connectivity index (χ0) is 9.14. The Morgan fingerprint density at radius 2 is 2.00 bits per heavy atom. The van der Waals surface area contributed by atoms with Gasteiger partial charge in [-0.15, -0.1) is 0 Å². The molecule has 1 rings (SSSR count). The van der Waals surface area contributed by atoms with Crippen LogP contribution in [0.3, 0.4) is 0 Å². The van der Waals surface area contributed by atoms with Gasteiger partial charge in [0.05, 0.1) is 6.67 Å². The molecule has 1 aromatic carbocycles. The minimum absolute atomic E-state index is 0.395. The van der Waals surface area contributed by atoms with Crippen LogP contribution in [-0.2, 0) is 0 Å². The monoisotopic (exact) mass is 293 g/mol. The molecule has 0 spiro atoms. The van der Waals surface area contributed by atoms with Gasteiger partial charge in [0.1, 0.15) is 0 Å². The van der Waals surface area contributed by atoms with Crippen molar-refractivity contribution in [2.45, 2.75) is 6.92 Å². The topological polar surface area (TPSA) is 0 Å². The lowest BCUT2D eigenvalue weighted by atomic mass is 10.0. The maximum atomic E-state index is 12.2. The van der Waals surface area contributed by atoms with Crippen LogP contribution in [0.25, 0.3) is 0 Å². The van der Waals surface area contributed by atoms with Crippen LogP contribution in [0.15, 0.2) is 27.1 Å². The summed E-state index contributed by atoms with van der Waals surface area (Å²) in [6, 6.07) is 5.70. The van der Waals surface area contributed by atoms with E-state index in [4.69, 9.17) is 0 Å². The van der Waals surface area contributed by atoms with Crippen LogP contribution in [0.5, 0.6) is 0 Å². The zero-order valence-corrected chi connectivity index (χ0v) is 9.75. The summed E-state index contributed by atoms with van der Waals surface area (Å²) in [5.41, 5.74) is 0.938. The third-order valence-corrected chi connectivity index (χ3v) is 3.49. The molecule has 0 saturated carbocycles. The summed E-state index contributed by atoms with van der Waals surface area (Å²) in [6.07, 6.45) is 0. The van der Waals surface area contributed by atoms with Gasteiger partial charge in [0, 0.05) is 14.9 Å². The fraction of sp³-hybridized carbons (Fsp3) is 0.222. The molecule has 0 aliphatic carbocycles. The molecule has 0 atom stereocenters. The molecule has 0 nitrogen and oxygen atoms in total. The Morgan fingerprint density at radius 3 is 2.50 bits per heavy atom. The molecule has 0 N–H and O–H groups in total. The zero-order valence-electron chi connectivity index (χ0n) is 6.57. The molecule has 0 unspecified atom stereocenters. The van der Waals surface area contributed by atoms with Gasteiger partial charge in [-0.3, -0.25) is 4.39 Å². The summed E-state index contributed by atoms with van der Waals surface area (Å²) in [4.78, 5) is 0. The molecule has 0 bridgehead atoms. The molecule has 1 aromatic rings. The first-order valence-corrected chi connectivity index (χ1v) is 5.07. The largest absolute Gasteiger partial charge is 0.250 e. The lowest BCUT2D eigenvalue weighted by molar-refractivity contribution is 0.516. The highest BCUT2D eigenvalue weighted by Crippen LogP contribution is 2.26. The molecule has 65 valence electrons. The highest BCUT2D eigenvalue weighted by molar-refractivity contribution is 9.13. The van der Waals surface area contributed by atoms with Crippen LogP contribution in [0.4, 0.5) is 4.39 Å². The maximum absolute atomic E-state index is 12.2. The normalized spacial score (nSPS) is 10.8. The Hall–Kier alpha value is 0.110. The minimum atomic E-state index is -0.395. The first-order valence-electron chi connectivity index (χ1n) is 3.49. The second kappa shape index (κ2) is 4.38. The van der Waals surface area contributed by atoms with E-state index in [-0.39, 0.29) is 0 Å². The highest BCUT2D eigenvalue weighted by Gasteiger charge is 2.06. The van der Waals surface area contributed by atoms with Crippen LogP contribution < -0.4 is 0 Å². The molecule has 3 heteroatoms. The predicted molar refractivity (Wildman–Crippen MR) is 55.8 cm³/mol. The van der Waals surface area contributed by atoms with E-state index in [1.165, 1.54) is 0 Å². The molecule has 0 fully saturated rings.